The van der Waals surface area contributed by atoms with Gasteiger partial charge in [0.1, 0.15) is 0 Å². The predicted molar refractivity (Wildman–Crippen MR) is 101 cm³/mol. The van der Waals surface area contributed by atoms with Crippen LogP contribution in [0.1, 0.15) is 11.1 Å². The first kappa shape index (κ1) is 12.4. The Morgan fingerprint density at radius 2 is 1.46 bits per heavy atom. The van der Waals surface area contributed by atoms with Gasteiger partial charge in [-0.15, -0.1) is 0 Å². The minimum atomic E-state index is 1.04. The van der Waals surface area contributed by atoms with Crippen molar-refractivity contribution in [2.24, 2.45) is 0 Å². The number of hydrogen-bond acceptors (Lipinski definition) is 0. The molecule has 0 fully saturated rings. The van der Waals surface area contributed by atoms with E-state index in [1.54, 1.807) is 0 Å². The highest BCUT2D eigenvalue weighted by atomic mass is 14.9. The van der Waals surface area contributed by atoms with Crippen molar-refractivity contribution < 1.29 is 0 Å². The second kappa shape index (κ2) is 4.27. The Morgan fingerprint density at radius 3 is 2.42 bits per heavy atom. The molecule has 1 nitrogen and oxygen atoms in total. The molecule has 0 amide bonds. The Labute approximate surface area is 139 Å². The van der Waals surface area contributed by atoms with Gasteiger partial charge in [0, 0.05) is 22.5 Å². The summed E-state index contributed by atoms with van der Waals surface area (Å²) < 4.78 is 2.37. The van der Waals surface area contributed by atoms with Crippen LogP contribution in [-0.2, 0) is 6.42 Å². The molecule has 0 atom stereocenters. The molecule has 5 aromatic rings. The van der Waals surface area contributed by atoms with Crippen molar-refractivity contribution in [1.29, 1.82) is 0 Å². The van der Waals surface area contributed by atoms with Crippen LogP contribution in [0, 0.1) is 0 Å². The van der Waals surface area contributed by atoms with Gasteiger partial charge < -0.3 is 4.40 Å². The molecule has 0 aliphatic heterocycles. The van der Waals surface area contributed by atoms with Gasteiger partial charge >= 0.3 is 0 Å². The first-order valence-corrected chi connectivity index (χ1v) is 8.43. The van der Waals surface area contributed by atoms with Crippen molar-refractivity contribution in [2.75, 3.05) is 0 Å². The van der Waals surface area contributed by atoms with Gasteiger partial charge in [0.15, 0.2) is 0 Å². The molecule has 6 rings (SSSR count). The summed E-state index contributed by atoms with van der Waals surface area (Å²) in [5.74, 6) is 0. The van der Waals surface area contributed by atoms with Crippen LogP contribution in [0.25, 0.3) is 38.3 Å². The van der Waals surface area contributed by atoms with E-state index in [0.717, 1.165) is 6.42 Å². The fraction of sp³-hybridized carbons (Fsp3) is 0.0435. The largest absolute Gasteiger partial charge is 0.315 e. The average molecular weight is 305 g/mol. The van der Waals surface area contributed by atoms with E-state index in [0.29, 0.717) is 0 Å². The van der Waals surface area contributed by atoms with Crippen molar-refractivity contribution in [3.8, 4) is 11.1 Å². The number of nitrogens with zero attached hydrogens (tertiary/aromatic N) is 1. The van der Waals surface area contributed by atoms with E-state index in [1.165, 1.54) is 49.4 Å². The molecule has 1 heteroatoms. The number of benzene rings is 3. The van der Waals surface area contributed by atoms with Crippen LogP contribution >= 0.6 is 0 Å². The Hall–Kier alpha value is -3.06. The van der Waals surface area contributed by atoms with Gasteiger partial charge in [-0.2, -0.15) is 0 Å². The highest BCUT2D eigenvalue weighted by Crippen LogP contribution is 2.43. The van der Waals surface area contributed by atoms with Gasteiger partial charge in [-0.05, 0) is 40.6 Å². The lowest BCUT2D eigenvalue weighted by molar-refractivity contribution is 1.25. The lowest BCUT2D eigenvalue weighted by atomic mass is 9.97. The summed E-state index contributed by atoms with van der Waals surface area (Å²) in [6, 6.07) is 26.6. The SMILES string of the molecule is c1ccc2c(c1)Cc1ccc3c4ccccc4c4cccn4c3c1-2. The third-order valence-corrected chi connectivity index (χ3v) is 5.41. The van der Waals surface area contributed by atoms with Crippen molar-refractivity contribution in [2.45, 2.75) is 6.42 Å². The second-order valence-electron chi connectivity index (χ2n) is 6.64. The van der Waals surface area contributed by atoms with Crippen LogP contribution in [0.3, 0.4) is 0 Å². The van der Waals surface area contributed by atoms with E-state index in [1.807, 2.05) is 0 Å². The van der Waals surface area contributed by atoms with Crippen molar-refractivity contribution >= 4 is 27.2 Å². The van der Waals surface area contributed by atoms with E-state index in [-0.39, 0.29) is 0 Å². The molecule has 0 saturated carbocycles. The maximum absolute atomic E-state index is 2.37. The zero-order valence-corrected chi connectivity index (χ0v) is 13.2. The molecule has 0 N–H and O–H groups in total. The van der Waals surface area contributed by atoms with Crippen LogP contribution in [0.4, 0.5) is 0 Å². The second-order valence-corrected chi connectivity index (χ2v) is 6.64. The lowest BCUT2D eigenvalue weighted by Gasteiger charge is -2.13. The summed E-state index contributed by atoms with van der Waals surface area (Å²) in [6.07, 6.45) is 3.24. The molecule has 1 aliphatic rings. The van der Waals surface area contributed by atoms with E-state index < -0.39 is 0 Å². The topological polar surface area (TPSA) is 4.41 Å². The number of pyridine rings is 1. The molecule has 1 aliphatic carbocycles. The quantitative estimate of drug-likeness (QED) is 0.312. The third kappa shape index (κ3) is 1.40. The molecule has 0 saturated heterocycles. The molecule has 2 aromatic heterocycles. The fourth-order valence-electron chi connectivity index (χ4n) is 4.41. The monoisotopic (exact) mass is 305 g/mol. The lowest BCUT2D eigenvalue weighted by Crippen LogP contribution is -1.93. The fourth-order valence-corrected chi connectivity index (χ4v) is 4.41. The predicted octanol–water partition coefficient (Wildman–Crippen LogP) is 5.82. The summed E-state index contributed by atoms with van der Waals surface area (Å²) in [4.78, 5) is 0. The van der Waals surface area contributed by atoms with Gasteiger partial charge in [0.2, 0.25) is 0 Å². The zero-order valence-electron chi connectivity index (χ0n) is 13.2. The first-order valence-electron chi connectivity index (χ1n) is 8.43. The van der Waals surface area contributed by atoms with E-state index >= 15 is 0 Å². The highest BCUT2D eigenvalue weighted by Gasteiger charge is 2.22. The number of aromatic nitrogens is 1. The van der Waals surface area contributed by atoms with Crippen molar-refractivity contribution in [1.82, 2.24) is 4.40 Å². The Morgan fingerprint density at radius 1 is 0.625 bits per heavy atom. The van der Waals surface area contributed by atoms with Gasteiger partial charge in [-0.3, -0.25) is 0 Å². The van der Waals surface area contributed by atoms with Crippen LogP contribution in [0.15, 0.2) is 79.0 Å². The summed E-state index contributed by atoms with van der Waals surface area (Å²) in [5.41, 5.74) is 8.31. The van der Waals surface area contributed by atoms with E-state index in [9.17, 15) is 0 Å². The average Bonchev–Trinajstić information content (AvgIpc) is 3.26. The highest BCUT2D eigenvalue weighted by molar-refractivity contribution is 6.16. The van der Waals surface area contributed by atoms with Crippen LogP contribution in [0.2, 0.25) is 0 Å². The van der Waals surface area contributed by atoms with Gasteiger partial charge in [0.25, 0.3) is 0 Å². The third-order valence-electron chi connectivity index (χ3n) is 5.41. The molecule has 24 heavy (non-hydrogen) atoms. The Balaban J connectivity index is 1.94. The van der Waals surface area contributed by atoms with Crippen molar-refractivity contribution in [3.63, 3.8) is 0 Å². The number of fused-ring (bicyclic) bond motifs is 10. The molecule has 0 spiro atoms. The maximum Gasteiger partial charge on any atom is 0.0615 e. The molecule has 0 unspecified atom stereocenters. The van der Waals surface area contributed by atoms with E-state index in [4.69, 9.17) is 0 Å². The molecule has 112 valence electrons. The van der Waals surface area contributed by atoms with Gasteiger partial charge in [-0.1, -0.05) is 60.7 Å². The minimum Gasteiger partial charge on any atom is -0.315 e. The summed E-state index contributed by atoms with van der Waals surface area (Å²) >= 11 is 0. The molecule has 0 bridgehead atoms. The molecular formula is C23H15N. The maximum atomic E-state index is 2.37. The van der Waals surface area contributed by atoms with Gasteiger partial charge in [-0.25, -0.2) is 0 Å². The first-order chi connectivity index (χ1) is 11.9. The summed E-state index contributed by atoms with van der Waals surface area (Å²) in [5, 5.41) is 4.00. The molecule has 3 aromatic carbocycles. The smallest absolute Gasteiger partial charge is 0.0615 e. The number of hydrogen-bond donors (Lipinski definition) is 0. The molecule has 0 radical (unpaired) electrons. The minimum absolute atomic E-state index is 1.04. The van der Waals surface area contributed by atoms with Crippen LogP contribution < -0.4 is 0 Å². The summed E-state index contributed by atoms with van der Waals surface area (Å²) in [7, 11) is 0. The Kier molecular flexibility index (Phi) is 2.20. The van der Waals surface area contributed by atoms with E-state index in [2.05, 4.69) is 83.4 Å². The number of rotatable bonds is 0. The van der Waals surface area contributed by atoms with Crippen LogP contribution in [-0.4, -0.2) is 4.40 Å². The summed E-state index contributed by atoms with van der Waals surface area (Å²) in [6.45, 7) is 0. The standard InChI is InChI=1S/C23H15N/c1-2-7-17-15(6-1)14-16-11-12-20-18-8-3-4-9-19(18)21-10-5-13-24(21)23(20)22(16)17/h1-13H,14H2. The van der Waals surface area contributed by atoms with Crippen molar-refractivity contribution in [3.05, 3.63) is 90.1 Å². The normalized spacial score (nSPS) is 12.8. The zero-order chi connectivity index (χ0) is 15.7. The molecular weight excluding hydrogens is 290 g/mol. The molecule has 2 heterocycles. The van der Waals surface area contributed by atoms with Gasteiger partial charge in [0.05, 0.1) is 11.0 Å². The Bertz CT molecular complexity index is 1270. The van der Waals surface area contributed by atoms with Crippen LogP contribution in [0.5, 0.6) is 0 Å².